The van der Waals surface area contributed by atoms with Crippen LogP contribution >= 0.6 is 11.6 Å². The third-order valence-corrected chi connectivity index (χ3v) is 5.66. The maximum Gasteiger partial charge on any atom is 0.573 e. The SMILES string of the molecule is CC(=O)Nc1cc(Cl)c(OC(F)(F)F)cc1C=CC(=O)N1CCN(Cc2ccc(F)cc2)C[C@H]1C. The van der Waals surface area contributed by atoms with E-state index in [1.165, 1.54) is 31.2 Å². The highest BCUT2D eigenvalue weighted by atomic mass is 35.5. The largest absolute Gasteiger partial charge is 0.573 e. The van der Waals surface area contributed by atoms with Crippen LogP contribution in [-0.2, 0) is 16.1 Å². The maximum absolute atomic E-state index is 13.1. The molecule has 2 aromatic rings. The van der Waals surface area contributed by atoms with Gasteiger partial charge < -0.3 is 15.0 Å². The molecule has 188 valence electrons. The lowest BCUT2D eigenvalue weighted by atomic mass is 10.1. The van der Waals surface area contributed by atoms with Crippen molar-refractivity contribution >= 4 is 35.2 Å². The van der Waals surface area contributed by atoms with E-state index < -0.39 is 18.0 Å². The number of nitrogens with zero attached hydrogens (tertiary/aromatic N) is 2. The molecular weight excluding hydrogens is 490 g/mol. The predicted molar refractivity (Wildman–Crippen MR) is 124 cm³/mol. The molecule has 0 spiro atoms. The van der Waals surface area contributed by atoms with E-state index in [0.717, 1.165) is 17.7 Å². The molecular formula is C24H24ClF4N3O3. The summed E-state index contributed by atoms with van der Waals surface area (Å²) in [5.74, 6) is -1.75. The number of hydrogen-bond acceptors (Lipinski definition) is 4. The van der Waals surface area contributed by atoms with E-state index in [9.17, 15) is 27.2 Å². The lowest BCUT2D eigenvalue weighted by molar-refractivity contribution is -0.274. The Bertz CT molecular complexity index is 1110. The number of piperazine rings is 1. The molecule has 3 rings (SSSR count). The summed E-state index contributed by atoms with van der Waals surface area (Å²) >= 11 is 5.88. The normalized spacial score (nSPS) is 17.0. The Kier molecular flexibility index (Phi) is 8.39. The first-order chi connectivity index (χ1) is 16.4. The van der Waals surface area contributed by atoms with Gasteiger partial charge in [-0.2, -0.15) is 0 Å². The monoisotopic (exact) mass is 513 g/mol. The number of carbonyl (C=O) groups is 2. The van der Waals surface area contributed by atoms with Gasteiger partial charge in [0.2, 0.25) is 11.8 Å². The van der Waals surface area contributed by atoms with Gasteiger partial charge >= 0.3 is 6.36 Å². The fourth-order valence-corrected chi connectivity index (χ4v) is 4.02. The topological polar surface area (TPSA) is 61.9 Å². The minimum Gasteiger partial charge on any atom is -0.404 e. The number of ether oxygens (including phenoxy) is 1. The van der Waals surface area contributed by atoms with Crippen LogP contribution in [0.4, 0.5) is 23.2 Å². The zero-order valence-electron chi connectivity index (χ0n) is 19.0. The molecule has 0 radical (unpaired) electrons. The van der Waals surface area contributed by atoms with Gasteiger partial charge in [-0.15, -0.1) is 13.2 Å². The zero-order valence-corrected chi connectivity index (χ0v) is 19.8. The van der Waals surface area contributed by atoms with Crippen molar-refractivity contribution in [2.24, 2.45) is 0 Å². The highest BCUT2D eigenvalue weighted by Gasteiger charge is 2.32. The number of anilines is 1. The third-order valence-electron chi connectivity index (χ3n) is 5.36. The van der Waals surface area contributed by atoms with E-state index in [0.29, 0.717) is 26.2 Å². The van der Waals surface area contributed by atoms with Gasteiger partial charge in [-0.1, -0.05) is 23.7 Å². The molecule has 1 aliphatic heterocycles. The van der Waals surface area contributed by atoms with Crippen LogP contribution in [0.3, 0.4) is 0 Å². The Labute approximate surface area is 205 Å². The van der Waals surface area contributed by atoms with E-state index >= 15 is 0 Å². The third kappa shape index (κ3) is 7.69. The summed E-state index contributed by atoms with van der Waals surface area (Å²) in [6, 6.07) is 8.25. The fourth-order valence-electron chi connectivity index (χ4n) is 3.82. The molecule has 11 heteroatoms. The van der Waals surface area contributed by atoms with Crippen LogP contribution in [0.15, 0.2) is 42.5 Å². The van der Waals surface area contributed by atoms with Crippen molar-refractivity contribution in [3.63, 3.8) is 0 Å². The number of hydrogen-bond donors (Lipinski definition) is 1. The molecule has 1 heterocycles. The van der Waals surface area contributed by atoms with E-state index in [1.54, 1.807) is 17.0 Å². The number of alkyl halides is 3. The van der Waals surface area contributed by atoms with Gasteiger partial charge in [-0.25, -0.2) is 4.39 Å². The molecule has 0 unspecified atom stereocenters. The molecule has 0 bridgehead atoms. The Hall–Kier alpha value is -3.11. The average Bonchev–Trinajstić information content (AvgIpc) is 2.75. The maximum atomic E-state index is 13.1. The molecule has 0 aliphatic carbocycles. The fraction of sp³-hybridized carbons (Fsp3) is 0.333. The molecule has 6 nitrogen and oxygen atoms in total. The van der Waals surface area contributed by atoms with Crippen molar-refractivity contribution in [1.82, 2.24) is 9.80 Å². The summed E-state index contributed by atoms with van der Waals surface area (Å²) in [5, 5.41) is 2.14. The van der Waals surface area contributed by atoms with Crippen LogP contribution in [0.2, 0.25) is 5.02 Å². The summed E-state index contributed by atoms with van der Waals surface area (Å²) < 4.78 is 55.2. The van der Waals surface area contributed by atoms with Gasteiger partial charge in [0.25, 0.3) is 0 Å². The van der Waals surface area contributed by atoms with Crippen molar-refractivity contribution < 1.29 is 31.9 Å². The smallest absolute Gasteiger partial charge is 0.404 e. The van der Waals surface area contributed by atoms with Crippen molar-refractivity contribution in [3.05, 3.63) is 64.4 Å². The first-order valence-electron chi connectivity index (χ1n) is 10.7. The summed E-state index contributed by atoms with van der Waals surface area (Å²) in [4.78, 5) is 28.2. The van der Waals surface area contributed by atoms with Gasteiger partial charge in [0.15, 0.2) is 0 Å². The average molecular weight is 514 g/mol. The van der Waals surface area contributed by atoms with Gasteiger partial charge in [0.1, 0.15) is 11.6 Å². The molecule has 1 N–H and O–H groups in total. The van der Waals surface area contributed by atoms with E-state index in [-0.39, 0.29) is 34.0 Å². The Balaban J connectivity index is 1.71. The van der Waals surface area contributed by atoms with Crippen LogP contribution in [0.1, 0.15) is 25.0 Å². The minimum atomic E-state index is -4.96. The Morgan fingerprint density at radius 1 is 1.20 bits per heavy atom. The lowest BCUT2D eigenvalue weighted by Crippen LogP contribution is -2.53. The van der Waals surface area contributed by atoms with Crippen molar-refractivity contribution in [2.45, 2.75) is 32.8 Å². The van der Waals surface area contributed by atoms with Crippen LogP contribution in [0.25, 0.3) is 6.08 Å². The number of amides is 2. The number of rotatable bonds is 6. The Morgan fingerprint density at radius 3 is 2.49 bits per heavy atom. The molecule has 1 aliphatic rings. The van der Waals surface area contributed by atoms with Gasteiger partial charge in [-0.3, -0.25) is 14.5 Å². The molecule has 35 heavy (non-hydrogen) atoms. The van der Waals surface area contributed by atoms with Crippen molar-refractivity contribution in [2.75, 3.05) is 25.0 Å². The molecule has 2 amide bonds. The summed E-state index contributed by atoms with van der Waals surface area (Å²) in [5.41, 5.74) is 1.22. The highest BCUT2D eigenvalue weighted by Crippen LogP contribution is 2.35. The van der Waals surface area contributed by atoms with Gasteiger partial charge in [0.05, 0.1) is 5.02 Å². The van der Waals surface area contributed by atoms with Crippen LogP contribution < -0.4 is 10.1 Å². The predicted octanol–water partition coefficient (Wildman–Crippen LogP) is 5.08. The second-order valence-corrected chi connectivity index (χ2v) is 8.58. The highest BCUT2D eigenvalue weighted by molar-refractivity contribution is 6.32. The minimum absolute atomic E-state index is 0.125. The van der Waals surface area contributed by atoms with E-state index in [2.05, 4.69) is 15.0 Å². The van der Waals surface area contributed by atoms with E-state index in [4.69, 9.17) is 11.6 Å². The molecule has 1 saturated heterocycles. The van der Waals surface area contributed by atoms with Crippen LogP contribution in [-0.4, -0.2) is 53.7 Å². The van der Waals surface area contributed by atoms with Crippen molar-refractivity contribution in [3.8, 4) is 5.75 Å². The van der Waals surface area contributed by atoms with Crippen LogP contribution in [0.5, 0.6) is 5.75 Å². The summed E-state index contributed by atoms with van der Waals surface area (Å²) in [6.07, 6.45) is -2.41. The Morgan fingerprint density at radius 2 is 1.89 bits per heavy atom. The number of carbonyl (C=O) groups excluding carboxylic acids is 2. The first kappa shape index (κ1) is 26.5. The van der Waals surface area contributed by atoms with Crippen LogP contribution in [0, 0.1) is 5.82 Å². The second kappa shape index (κ2) is 11.1. The lowest BCUT2D eigenvalue weighted by Gasteiger charge is -2.39. The second-order valence-electron chi connectivity index (χ2n) is 8.17. The molecule has 1 fully saturated rings. The standard InChI is InChI=1S/C24H24ClF4N3O3/c1-15-13-31(14-17-3-6-19(26)7-4-17)9-10-32(15)23(34)8-5-18-11-22(35-24(27,28)29)20(25)12-21(18)30-16(2)33/h3-8,11-12,15H,9-10,13-14H2,1-2H3,(H,30,33)/t15-/m1/s1. The van der Waals surface area contributed by atoms with Crippen molar-refractivity contribution in [1.29, 1.82) is 0 Å². The number of benzene rings is 2. The van der Waals surface area contributed by atoms with Gasteiger partial charge in [-0.05, 0) is 42.8 Å². The molecule has 2 aromatic carbocycles. The molecule has 0 aromatic heterocycles. The van der Waals surface area contributed by atoms with Gasteiger partial charge in [0, 0.05) is 56.5 Å². The molecule has 0 saturated carbocycles. The molecule has 1 atom stereocenters. The zero-order chi connectivity index (χ0) is 25.8. The summed E-state index contributed by atoms with van der Waals surface area (Å²) in [7, 11) is 0. The summed E-state index contributed by atoms with van der Waals surface area (Å²) in [6.45, 7) is 5.38. The number of halogens is 5. The first-order valence-corrected chi connectivity index (χ1v) is 11.1. The quantitative estimate of drug-likeness (QED) is 0.432. The number of nitrogens with one attached hydrogen (secondary N) is 1. The van der Waals surface area contributed by atoms with E-state index in [1.807, 2.05) is 6.92 Å².